The molecule has 4 nitrogen and oxygen atoms in total. The van der Waals surface area contributed by atoms with Crippen molar-refractivity contribution in [3.8, 4) is 0 Å². The van der Waals surface area contributed by atoms with Crippen LogP contribution < -0.4 is 9.44 Å². The normalized spacial score (nSPS) is 10.5. The van der Waals surface area contributed by atoms with E-state index in [1.54, 1.807) is 0 Å². The van der Waals surface area contributed by atoms with Crippen molar-refractivity contribution in [2.45, 2.75) is 52.4 Å². The summed E-state index contributed by atoms with van der Waals surface area (Å²) in [7, 11) is 4.85. The fourth-order valence-corrected chi connectivity index (χ4v) is 7.40. The molecule has 0 fully saturated rings. The molecule has 0 atom stereocenters. The van der Waals surface area contributed by atoms with Crippen molar-refractivity contribution in [3.63, 3.8) is 0 Å². The van der Waals surface area contributed by atoms with Crippen LogP contribution in [0.15, 0.2) is 0 Å². The molecule has 0 aliphatic carbocycles. The van der Waals surface area contributed by atoms with Crippen LogP contribution in [0, 0.1) is 0 Å². The molecule has 0 heterocycles. The smallest absolute Gasteiger partial charge is 0.290 e. The molecule has 0 rings (SSSR count). The van der Waals surface area contributed by atoms with E-state index in [9.17, 15) is 9.59 Å². The third kappa shape index (κ3) is 17.4. The Morgan fingerprint density at radius 3 is 1.50 bits per heavy atom. The Labute approximate surface area is 157 Å². The first-order chi connectivity index (χ1) is 10.7. The Morgan fingerprint density at radius 1 is 0.727 bits per heavy atom. The van der Waals surface area contributed by atoms with Crippen molar-refractivity contribution < 1.29 is 9.59 Å². The second kappa shape index (κ2) is 18.4. The SMILES string of the molecule is CCCCCSNC(=O)SSSSC(=O)NSCCCCC. The summed E-state index contributed by atoms with van der Waals surface area (Å²) in [5.74, 6) is 1.90. The Balaban J connectivity index is 3.32. The predicted octanol–water partition coefficient (Wildman–Crippen LogP) is 6.76. The summed E-state index contributed by atoms with van der Waals surface area (Å²) in [6.45, 7) is 4.31. The molecule has 0 aromatic rings. The van der Waals surface area contributed by atoms with Crippen LogP contribution in [0.3, 0.4) is 0 Å². The Hall–Kier alpha value is 1.04. The lowest BCUT2D eigenvalue weighted by Gasteiger charge is -2.03. The highest BCUT2D eigenvalue weighted by molar-refractivity contribution is 9.28. The van der Waals surface area contributed by atoms with E-state index in [0.717, 1.165) is 45.9 Å². The summed E-state index contributed by atoms with van der Waals surface area (Å²) in [6.07, 6.45) is 7.02. The monoisotopic (exact) mass is 420 g/mol. The van der Waals surface area contributed by atoms with Gasteiger partial charge in [-0.25, -0.2) is 0 Å². The molecule has 130 valence electrons. The minimum atomic E-state index is -0.0750. The highest BCUT2D eigenvalue weighted by Crippen LogP contribution is 2.43. The van der Waals surface area contributed by atoms with E-state index >= 15 is 0 Å². The Kier molecular flexibility index (Phi) is 19.2. The summed E-state index contributed by atoms with van der Waals surface area (Å²) < 4.78 is 5.55. The molecule has 0 unspecified atom stereocenters. The number of rotatable bonds is 13. The molecule has 0 radical (unpaired) electrons. The zero-order valence-electron chi connectivity index (χ0n) is 12.9. The van der Waals surface area contributed by atoms with Crippen LogP contribution in [0.2, 0.25) is 0 Å². The summed E-state index contributed by atoms with van der Waals surface area (Å²) in [6, 6.07) is 0. The van der Waals surface area contributed by atoms with Gasteiger partial charge in [0.15, 0.2) is 0 Å². The van der Waals surface area contributed by atoms with E-state index in [2.05, 4.69) is 23.3 Å². The van der Waals surface area contributed by atoms with E-state index in [0.29, 0.717) is 0 Å². The van der Waals surface area contributed by atoms with Crippen molar-refractivity contribution in [3.05, 3.63) is 0 Å². The van der Waals surface area contributed by atoms with Crippen molar-refractivity contribution in [1.82, 2.24) is 9.44 Å². The standard InChI is InChI=1S/C12H24N2O2S6/c1-3-5-7-9-17-13-11(15)19-21-22-20-12(16)14-18-10-8-6-4-2/h3-10H2,1-2H3,(H,13,15)(H,14,16). The van der Waals surface area contributed by atoms with Crippen molar-refractivity contribution >= 4 is 75.6 Å². The second-order valence-electron chi connectivity index (χ2n) is 4.19. The third-order valence-corrected chi connectivity index (χ3v) is 9.57. The third-order valence-electron chi connectivity index (χ3n) is 2.26. The van der Waals surface area contributed by atoms with Gasteiger partial charge in [-0.15, -0.1) is 0 Å². The topological polar surface area (TPSA) is 58.2 Å². The van der Waals surface area contributed by atoms with Gasteiger partial charge in [0.1, 0.15) is 0 Å². The molecule has 0 aromatic heterocycles. The maximum Gasteiger partial charge on any atom is 0.300 e. The predicted molar refractivity (Wildman–Crippen MR) is 111 cm³/mol. The van der Waals surface area contributed by atoms with Gasteiger partial charge in [0.25, 0.3) is 10.5 Å². The lowest BCUT2D eigenvalue weighted by Crippen LogP contribution is -2.09. The number of hydrogen-bond donors (Lipinski definition) is 2. The first kappa shape index (κ1) is 23.0. The van der Waals surface area contributed by atoms with E-state index in [-0.39, 0.29) is 10.5 Å². The maximum absolute atomic E-state index is 11.5. The first-order valence-corrected chi connectivity index (χ1v) is 14.0. The van der Waals surface area contributed by atoms with Gasteiger partial charge < -0.3 is 0 Å². The minimum absolute atomic E-state index is 0.0750. The molecule has 0 spiro atoms. The molecular weight excluding hydrogens is 397 g/mol. The van der Waals surface area contributed by atoms with Crippen LogP contribution in [-0.2, 0) is 0 Å². The van der Waals surface area contributed by atoms with Gasteiger partial charge in [-0.1, -0.05) is 39.5 Å². The van der Waals surface area contributed by atoms with Crippen molar-refractivity contribution in [2.24, 2.45) is 0 Å². The summed E-state index contributed by atoms with van der Waals surface area (Å²) in [4.78, 5) is 23.0. The van der Waals surface area contributed by atoms with Crippen LogP contribution in [0.1, 0.15) is 52.4 Å². The summed E-state index contributed by atoms with van der Waals surface area (Å²) >= 11 is 2.90. The lowest BCUT2D eigenvalue weighted by atomic mass is 10.3. The molecule has 2 amide bonds. The quantitative estimate of drug-likeness (QED) is 0.192. The van der Waals surface area contributed by atoms with Crippen LogP contribution in [0.25, 0.3) is 0 Å². The highest BCUT2D eigenvalue weighted by Gasteiger charge is 2.07. The fraction of sp³-hybridized carbons (Fsp3) is 0.833. The molecule has 0 aromatic carbocycles. The largest absolute Gasteiger partial charge is 0.300 e. The molecule has 2 N–H and O–H groups in total. The van der Waals surface area contributed by atoms with Crippen LogP contribution in [-0.4, -0.2) is 22.0 Å². The molecular formula is C12H24N2O2S6. The molecule has 22 heavy (non-hydrogen) atoms. The molecule has 0 saturated carbocycles. The van der Waals surface area contributed by atoms with E-state index in [1.807, 2.05) is 0 Å². The van der Waals surface area contributed by atoms with Gasteiger partial charge in [0, 0.05) is 33.1 Å². The van der Waals surface area contributed by atoms with Crippen LogP contribution in [0.5, 0.6) is 0 Å². The average molecular weight is 421 g/mol. The van der Waals surface area contributed by atoms with Crippen molar-refractivity contribution in [1.29, 1.82) is 0 Å². The number of amides is 2. The zero-order valence-corrected chi connectivity index (χ0v) is 17.8. The van der Waals surface area contributed by atoms with E-state index < -0.39 is 0 Å². The zero-order chi connectivity index (χ0) is 16.5. The molecule has 0 saturated heterocycles. The Morgan fingerprint density at radius 2 is 1.14 bits per heavy atom. The van der Waals surface area contributed by atoms with Crippen LogP contribution >= 0.6 is 65.1 Å². The van der Waals surface area contributed by atoms with Crippen molar-refractivity contribution in [2.75, 3.05) is 11.5 Å². The van der Waals surface area contributed by atoms with Gasteiger partial charge >= 0.3 is 0 Å². The van der Waals surface area contributed by atoms with Gasteiger partial charge in [0.2, 0.25) is 0 Å². The average Bonchev–Trinajstić information content (AvgIpc) is 2.51. The number of carbonyl (C=O) groups excluding carboxylic acids is 2. The second-order valence-corrected chi connectivity index (χ2v) is 11.6. The maximum atomic E-state index is 11.5. The highest BCUT2D eigenvalue weighted by atomic mass is 33.7. The first-order valence-electron chi connectivity index (χ1n) is 7.22. The van der Waals surface area contributed by atoms with Gasteiger partial charge in [-0.05, 0) is 56.4 Å². The van der Waals surface area contributed by atoms with Crippen LogP contribution in [0.4, 0.5) is 9.59 Å². The number of carbonyl (C=O) groups is 2. The number of hydrogen-bond acceptors (Lipinski definition) is 8. The summed E-state index contributed by atoms with van der Waals surface area (Å²) in [5, 5.41) is -0.150. The van der Waals surface area contributed by atoms with E-state index in [4.69, 9.17) is 0 Å². The summed E-state index contributed by atoms with van der Waals surface area (Å²) in [5.41, 5.74) is 0. The molecule has 0 bridgehead atoms. The number of unbranched alkanes of at least 4 members (excludes halogenated alkanes) is 4. The fourth-order valence-electron chi connectivity index (χ4n) is 1.19. The Bertz CT molecular complexity index is 269. The molecule has 10 heteroatoms. The van der Waals surface area contributed by atoms with E-state index in [1.165, 1.54) is 69.2 Å². The minimum Gasteiger partial charge on any atom is -0.290 e. The van der Waals surface area contributed by atoms with Gasteiger partial charge in [-0.3, -0.25) is 19.0 Å². The number of nitrogens with one attached hydrogen (secondary N) is 2. The van der Waals surface area contributed by atoms with Gasteiger partial charge in [0.05, 0.1) is 0 Å². The molecule has 0 aliphatic rings. The van der Waals surface area contributed by atoms with Gasteiger partial charge in [-0.2, -0.15) is 0 Å². The lowest BCUT2D eigenvalue weighted by molar-refractivity contribution is 0.264. The molecule has 0 aliphatic heterocycles.